The van der Waals surface area contributed by atoms with Gasteiger partial charge in [-0.25, -0.2) is 15.0 Å². The molecule has 5 heteroatoms. The first-order chi connectivity index (χ1) is 28.2. The highest BCUT2D eigenvalue weighted by molar-refractivity contribution is 5.92. The molecule has 1 aromatic heterocycles. The minimum Gasteiger partial charge on any atom is -0.449 e. The van der Waals surface area contributed by atoms with Gasteiger partial charge in [0.1, 0.15) is 0 Å². The molecule has 2 aliphatic rings. The van der Waals surface area contributed by atoms with Crippen molar-refractivity contribution in [2.75, 3.05) is 0 Å². The summed E-state index contributed by atoms with van der Waals surface area (Å²) in [5.74, 6) is 4.31. The van der Waals surface area contributed by atoms with Gasteiger partial charge in [-0.05, 0) is 69.3 Å². The Morgan fingerprint density at radius 3 is 1.54 bits per heavy atom. The zero-order valence-electron chi connectivity index (χ0n) is 30.7. The second-order valence-corrected chi connectivity index (χ2v) is 14.3. The number of aromatic nitrogens is 3. The van der Waals surface area contributed by atoms with E-state index in [1.54, 1.807) is 0 Å². The van der Waals surface area contributed by atoms with Gasteiger partial charge in [-0.1, -0.05) is 170 Å². The summed E-state index contributed by atoms with van der Waals surface area (Å²) in [6.07, 6.45) is 0. The maximum Gasteiger partial charge on any atom is 0.178 e. The van der Waals surface area contributed by atoms with Crippen LogP contribution in [0.2, 0.25) is 0 Å². The van der Waals surface area contributed by atoms with Crippen molar-refractivity contribution in [2.45, 2.75) is 5.41 Å². The van der Waals surface area contributed by atoms with E-state index in [0.717, 1.165) is 44.5 Å². The van der Waals surface area contributed by atoms with Crippen molar-refractivity contribution >= 4 is 0 Å². The zero-order chi connectivity index (χ0) is 37.8. The third-order valence-electron chi connectivity index (χ3n) is 11.1. The molecule has 0 amide bonds. The van der Waals surface area contributed by atoms with Crippen molar-refractivity contribution in [3.8, 4) is 79.4 Å². The van der Waals surface area contributed by atoms with Gasteiger partial charge in [-0.2, -0.15) is 0 Å². The topological polar surface area (TPSA) is 57.1 Å². The fourth-order valence-corrected chi connectivity index (χ4v) is 8.52. The quantitative estimate of drug-likeness (QED) is 0.170. The highest BCUT2D eigenvalue weighted by Gasteiger charge is 2.48. The van der Waals surface area contributed by atoms with Crippen molar-refractivity contribution < 1.29 is 9.47 Å². The van der Waals surface area contributed by atoms with Crippen molar-refractivity contribution in [1.82, 2.24) is 15.0 Å². The molecule has 0 saturated heterocycles. The lowest BCUT2D eigenvalue weighted by molar-refractivity contribution is 0.360. The lowest BCUT2D eigenvalue weighted by Gasteiger charge is -2.34. The Kier molecular flexibility index (Phi) is 7.64. The summed E-state index contributed by atoms with van der Waals surface area (Å²) >= 11 is 0. The van der Waals surface area contributed by atoms with Crippen LogP contribution in [0.15, 0.2) is 200 Å². The van der Waals surface area contributed by atoms with Gasteiger partial charge < -0.3 is 9.47 Å². The van der Waals surface area contributed by atoms with E-state index in [9.17, 15) is 0 Å². The molecule has 0 fully saturated rings. The zero-order valence-corrected chi connectivity index (χ0v) is 30.7. The molecule has 1 aliphatic carbocycles. The Morgan fingerprint density at radius 2 is 0.860 bits per heavy atom. The Hall–Kier alpha value is -7.63. The van der Waals surface area contributed by atoms with E-state index >= 15 is 0 Å². The number of ether oxygens (including phenoxy) is 2. The van der Waals surface area contributed by atoms with Gasteiger partial charge in [-0.3, -0.25) is 0 Å². The average Bonchev–Trinajstić information content (AvgIpc) is 3.61. The van der Waals surface area contributed by atoms with Crippen LogP contribution in [0.1, 0.15) is 22.3 Å². The fourth-order valence-electron chi connectivity index (χ4n) is 8.52. The Balaban J connectivity index is 1.02. The van der Waals surface area contributed by atoms with Crippen LogP contribution in [0.3, 0.4) is 0 Å². The molecule has 0 spiro atoms. The SMILES string of the molecule is c1ccc(-c2cccc(-c3nc(-c4ccccc4)nc(-c4ccc5c(c4)Oc4ccc6c(c4O5)-c4ccccc4C6(c4ccccc4)c4ccccc4)n3)c2)cc1. The lowest BCUT2D eigenvalue weighted by atomic mass is 9.68. The highest BCUT2D eigenvalue weighted by atomic mass is 16.6. The first-order valence-corrected chi connectivity index (χ1v) is 19.1. The molecule has 2 heterocycles. The van der Waals surface area contributed by atoms with Gasteiger partial charge in [0, 0.05) is 22.3 Å². The fraction of sp³-hybridized carbons (Fsp3) is 0.0192. The molecule has 5 nitrogen and oxygen atoms in total. The average molecular weight is 732 g/mol. The van der Waals surface area contributed by atoms with Crippen LogP contribution in [0, 0.1) is 0 Å². The van der Waals surface area contributed by atoms with Gasteiger partial charge in [0.15, 0.2) is 40.5 Å². The summed E-state index contributed by atoms with van der Waals surface area (Å²) in [6.45, 7) is 0. The van der Waals surface area contributed by atoms with E-state index in [-0.39, 0.29) is 0 Å². The van der Waals surface area contributed by atoms with Gasteiger partial charge >= 0.3 is 0 Å². The van der Waals surface area contributed by atoms with Gasteiger partial charge in [0.05, 0.1) is 5.41 Å². The second kappa shape index (κ2) is 13.3. The highest BCUT2D eigenvalue weighted by Crippen LogP contribution is 2.62. The normalized spacial score (nSPS) is 13.0. The van der Waals surface area contributed by atoms with Crippen LogP contribution in [0.25, 0.3) is 56.4 Å². The molecular formula is C52H33N3O2. The molecule has 11 rings (SSSR count). The van der Waals surface area contributed by atoms with E-state index in [0.29, 0.717) is 40.5 Å². The van der Waals surface area contributed by atoms with Crippen LogP contribution in [0.5, 0.6) is 23.0 Å². The van der Waals surface area contributed by atoms with E-state index in [2.05, 4.69) is 115 Å². The number of nitrogens with zero attached hydrogens (tertiary/aromatic N) is 3. The lowest BCUT2D eigenvalue weighted by Crippen LogP contribution is -2.28. The Morgan fingerprint density at radius 1 is 0.333 bits per heavy atom. The monoisotopic (exact) mass is 731 g/mol. The van der Waals surface area contributed by atoms with Crippen molar-refractivity contribution in [3.05, 3.63) is 222 Å². The third-order valence-corrected chi connectivity index (χ3v) is 11.1. The summed E-state index contributed by atoms with van der Waals surface area (Å²) in [5, 5.41) is 0. The summed E-state index contributed by atoms with van der Waals surface area (Å²) in [6, 6.07) is 69.0. The molecule has 1 aliphatic heterocycles. The van der Waals surface area contributed by atoms with Crippen LogP contribution in [0.4, 0.5) is 0 Å². The number of hydrogen-bond acceptors (Lipinski definition) is 5. The van der Waals surface area contributed by atoms with Crippen LogP contribution in [-0.4, -0.2) is 15.0 Å². The first-order valence-electron chi connectivity index (χ1n) is 19.1. The molecule has 0 radical (unpaired) electrons. The first kappa shape index (κ1) is 32.8. The number of hydrogen-bond donors (Lipinski definition) is 0. The van der Waals surface area contributed by atoms with E-state index in [1.165, 1.54) is 16.7 Å². The molecule has 268 valence electrons. The molecule has 8 aromatic carbocycles. The molecule has 0 unspecified atom stereocenters. The van der Waals surface area contributed by atoms with Crippen LogP contribution in [-0.2, 0) is 5.41 Å². The number of benzene rings is 8. The summed E-state index contributed by atoms with van der Waals surface area (Å²) in [4.78, 5) is 15.0. The molecule has 0 atom stereocenters. The maximum atomic E-state index is 6.90. The standard InChI is InChI=1S/C52H33N3O2/c1-5-16-34(17-6-1)36-20-15-21-37(32-36)50-53-49(35-18-7-2-8-19-35)54-51(55-50)38-28-30-44-46(33-38)56-45-31-29-43-47(48(45)57-44)41-26-13-14-27-42(41)52(43,39-22-9-3-10-23-39)40-24-11-4-12-25-40/h1-33H. The van der Waals surface area contributed by atoms with Gasteiger partial charge in [0.2, 0.25) is 0 Å². The minimum absolute atomic E-state index is 0.537. The number of rotatable bonds is 6. The summed E-state index contributed by atoms with van der Waals surface area (Å²) in [7, 11) is 0. The van der Waals surface area contributed by atoms with Crippen LogP contribution < -0.4 is 9.47 Å². The Labute approximate surface area is 330 Å². The molecule has 9 aromatic rings. The Bertz CT molecular complexity index is 2910. The van der Waals surface area contributed by atoms with Crippen LogP contribution >= 0.6 is 0 Å². The molecule has 0 saturated carbocycles. The maximum absolute atomic E-state index is 6.90. The molecular weight excluding hydrogens is 699 g/mol. The summed E-state index contributed by atoms with van der Waals surface area (Å²) in [5.41, 5.74) is 11.2. The minimum atomic E-state index is -0.537. The summed E-state index contributed by atoms with van der Waals surface area (Å²) < 4.78 is 13.7. The molecule has 0 N–H and O–H groups in total. The van der Waals surface area contributed by atoms with Crippen molar-refractivity contribution in [1.29, 1.82) is 0 Å². The van der Waals surface area contributed by atoms with E-state index < -0.39 is 5.41 Å². The van der Waals surface area contributed by atoms with Crippen molar-refractivity contribution in [2.24, 2.45) is 0 Å². The largest absolute Gasteiger partial charge is 0.449 e. The van der Waals surface area contributed by atoms with E-state index in [4.69, 9.17) is 24.4 Å². The van der Waals surface area contributed by atoms with Gasteiger partial charge in [-0.15, -0.1) is 0 Å². The smallest absolute Gasteiger partial charge is 0.178 e. The predicted octanol–water partition coefficient (Wildman–Crippen LogP) is 12.8. The predicted molar refractivity (Wildman–Crippen MR) is 225 cm³/mol. The molecule has 0 bridgehead atoms. The number of fused-ring (bicyclic) bond motifs is 6. The van der Waals surface area contributed by atoms with E-state index in [1.807, 2.05) is 84.9 Å². The third kappa shape index (κ3) is 5.35. The molecule has 57 heavy (non-hydrogen) atoms. The second-order valence-electron chi connectivity index (χ2n) is 14.3. The van der Waals surface area contributed by atoms with Crippen molar-refractivity contribution in [3.63, 3.8) is 0 Å². The van der Waals surface area contributed by atoms with Gasteiger partial charge in [0.25, 0.3) is 0 Å².